The molecule has 7 aromatic rings. The number of aromatic nitrogens is 1. The monoisotopic (exact) mass is 539 g/mol. The van der Waals surface area contributed by atoms with E-state index in [1.54, 1.807) is 0 Å². The van der Waals surface area contributed by atoms with Gasteiger partial charge >= 0.3 is 0 Å². The molecule has 0 unspecified atom stereocenters. The predicted octanol–water partition coefficient (Wildman–Crippen LogP) is 11.3. The third-order valence-corrected chi connectivity index (χ3v) is 8.35. The Labute approximate surface area is 247 Å². The maximum atomic E-state index is 2.40. The topological polar surface area (TPSA) is 4.93 Å². The zero-order chi connectivity index (χ0) is 28.6. The quantitative estimate of drug-likeness (QED) is 0.210. The molecule has 0 aliphatic heterocycles. The first-order valence-electron chi connectivity index (χ1n) is 14.6. The standard InChI is InChI=1S/C41H33N/c1-28-22-24-36-37(26-28)40(31-16-6-4-7-17-31)29(2)14-10-11-15-30(3)41(36)32-23-25-35-34-20-12-13-21-38(34)42(39(35)27-32)33-18-8-5-9-19-33/h4-27H,1-3H3. The minimum atomic E-state index is 1.17. The molecule has 42 heavy (non-hydrogen) atoms. The van der Waals surface area contributed by atoms with E-state index in [2.05, 4.69) is 171 Å². The summed E-state index contributed by atoms with van der Waals surface area (Å²) < 4.78 is 2.40. The summed E-state index contributed by atoms with van der Waals surface area (Å²) >= 11 is 0. The number of hydrogen-bond acceptors (Lipinski definition) is 0. The molecular formula is C41H33N. The highest BCUT2D eigenvalue weighted by molar-refractivity contribution is 6.12. The maximum Gasteiger partial charge on any atom is 0.0547 e. The molecule has 0 bridgehead atoms. The second-order valence-electron chi connectivity index (χ2n) is 11.2. The normalized spacial score (nSPS) is 11.2. The van der Waals surface area contributed by atoms with Crippen LogP contribution >= 0.6 is 0 Å². The molecule has 0 saturated heterocycles. The lowest BCUT2D eigenvalue weighted by molar-refractivity contribution is 1.18. The smallest absolute Gasteiger partial charge is 0.0547 e. The summed E-state index contributed by atoms with van der Waals surface area (Å²) in [4.78, 5) is 0. The average molecular weight is 540 g/mol. The molecular weight excluding hydrogens is 506 g/mol. The lowest BCUT2D eigenvalue weighted by atomic mass is 9.90. The molecule has 202 valence electrons. The van der Waals surface area contributed by atoms with Crippen molar-refractivity contribution in [2.24, 2.45) is 0 Å². The van der Waals surface area contributed by atoms with Crippen LogP contribution < -0.4 is 0 Å². The molecule has 1 aromatic heterocycles. The first kappa shape index (κ1) is 25.8. The maximum absolute atomic E-state index is 2.40. The van der Waals surface area contributed by atoms with E-state index < -0.39 is 0 Å². The Morgan fingerprint density at radius 3 is 1.69 bits per heavy atom. The van der Waals surface area contributed by atoms with Crippen LogP contribution in [-0.2, 0) is 0 Å². The van der Waals surface area contributed by atoms with Crippen LogP contribution in [0.1, 0.15) is 16.7 Å². The molecule has 0 radical (unpaired) electrons. The Balaban J connectivity index is 1.63. The number of para-hydroxylation sites is 2. The number of aryl methyl sites for hydroxylation is 3. The Hall–Kier alpha value is -5.14. The minimum Gasteiger partial charge on any atom is -0.309 e. The van der Waals surface area contributed by atoms with Crippen molar-refractivity contribution in [2.75, 3.05) is 0 Å². The van der Waals surface area contributed by atoms with Crippen molar-refractivity contribution in [3.63, 3.8) is 0 Å². The van der Waals surface area contributed by atoms with Gasteiger partial charge in [-0.15, -0.1) is 0 Å². The molecule has 1 heteroatoms. The van der Waals surface area contributed by atoms with Gasteiger partial charge in [0.2, 0.25) is 0 Å². The molecule has 0 saturated carbocycles. The Morgan fingerprint density at radius 1 is 0.381 bits per heavy atom. The first-order chi connectivity index (χ1) is 20.6. The molecule has 0 N–H and O–H groups in total. The van der Waals surface area contributed by atoms with Gasteiger partial charge in [0.05, 0.1) is 11.0 Å². The fourth-order valence-corrected chi connectivity index (χ4v) is 6.43. The SMILES string of the molecule is Cc1ccc2c(-c3ccc4c5ccccc5n(-c5ccccc5)c4c3)c(C)ccccc(C)c(-c3ccccc3)c2c1. The largest absolute Gasteiger partial charge is 0.309 e. The van der Waals surface area contributed by atoms with E-state index in [0.29, 0.717) is 0 Å². The predicted molar refractivity (Wildman–Crippen MR) is 181 cm³/mol. The second-order valence-corrected chi connectivity index (χ2v) is 11.2. The molecule has 1 nitrogen and oxygen atoms in total. The molecule has 0 aliphatic carbocycles. The molecule has 0 spiro atoms. The van der Waals surface area contributed by atoms with Gasteiger partial charge in [-0.3, -0.25) is 0 Å². The van der Waals surface area contributed by atoms with E-state index in [1.807, 2.05) is 0 Å². The van der Waals surface area contributed by atoms with Crippen LogP contribution in [0.3, 0.4) is 0 Å². The summed E-state index contributed by atoms with van der Waals surface area (Å²) in [5, 5.41) is 5.04. The summed E-state index contributed by atoms with van der Waals surface area (Å²) in [6.07, 6.45) is 0. The van der Waals surface area contributed by atoms with Gasteiger partial charge in [-0.2, -0.15) is 0 Å². The van der Waals surface area contributed by atoms with Crippen LogP contribution in [-0.4, -0.2) is 4.57 Å². The van der Waals surface area contributed by atoms with Gasteiger partial charge in [0.15, 0.2) is 0 Å². The molecule has 1 heterocycles. The number of hydrogen-bond donors (Lipinski definition) is 0. The van der Waals surface area contributed by atoms with Gasteiger partial charge < -0.3 is 4.57 Å². The number of benzene rings is 5. The van der Waals surface area contributed by atoms with Crippen LogP contribution in [0, 0.1) is 20.8 Å². The third kappa shape index (κ3) is 4.44. The van der Waals surface area contributed by atoms with Gasteiger partial charge in [-0.1, -0.05) is 127 Å². The van der Waals surface area contributed by atoms with E-state index in [-0.39, 0.29) is 0 Å². The number of rotatable bonds is 3. The first-order valence-corrected chi connectivity index (χ1v) is 14.6. The van der Waals surface area contributed by atoms with Crippen LogP contribution in [0.2, 0.25) is 0 Å². The molecule has 0 atom stereocenters. The fourth-order valence-electron chi connectivity index (χ4n) is 6.43. The fraction of sp³-hybridized carbons (Fsp3) is 0.0732. The molecule has 7 rings (SSSR count). The summed E-state index contributed by atoms with van der Waals surface area (Å²) in [6.45, 7) is 6.65. The van der Waals surface area contributed by atoms with Gasteiger partial charge in [0.25, 0.3) is 0 Å². The van der Waals surface area contributed by atoms with Gasteiger partial charge in [0.1, 0.15) is 0 Å². The highest BCUT2D eigenvalue weighted by Crippen LogP contribution is 2.39. The Bertz CT molecular complexity index is 2150. The zero-order valence-corrected chi connectivity index (χ0v) is 24.3. The molecule has 6 aromatic carbocycles. The van der Waals surface area contributed by atoms with Crippen LogP contribution in [0.5, 0.6) is 0 Å². The van der Waals surface area contributed by atoms with Crippen molar-refractivity contribution < 1.29 is 0 Å². The van der Waals surface area contributed by atoms with Crippen molar-refractivity contribution >= 4 is 32.6 Å². The van der Waals surface area contributed by atoms with Crippen LogP contribution in [0.15, 0.2) is 146 Å². The molecule has 0 aliphatic rings. The molecule has 0 fully saturated rings. The van der Waals surface area contributed by atoms with E-state index >= 15 is 0 Å². The van der Waals surface area contributed by atoms with Crippen molar-refractivity contribution in [2.45, 2.75) is 20.8 Å². The third-order valence-electron chi connectivity index (χ3n) is 8.35. The van der Waals surface area contributed by atoms with Crippen molar-refractivity contribution in [3.05, 3.63) is 162 Å². The highest BCUT2D eigenvalue weighted by Gasteiger charge is 2.15. The second kappa shape index (κ2) is 10.7. The average Bonchev–Trinajstić information content (AvgIpc) is 3.35. The number of nitrogens with zero attached hydrogens (tertiary/aromatic N) is 1. The van der Waals surface area contributed by atoms with Crippen LogP contribution in [0.4, 0.5) is 0 Å². The lowest BCUT2D eigenvalue weighted by Gasteiger charge is -2.14. The van der Waals surface area contributed by atoms with Gasteiger partial charge in [-0.25, -0.2) is 0 Å². The summed E-state index contributed by atoms with van der Waals surface area (Å²) in [6, 6.07) is 52.9. The summed E-state index contributed by atoms with van der Waals surface area (Å²) in [5.41, 5.74) is 12.3. The Morgan fingerprint density at radius 2 is 0.952 bits per heavy atom. The van der Waals surface area contributed by atoms with E-state index in [0.717, 1.165) is 0 Å². The minimum absolute atomic E-state index is 1.17. The van der Waals surface area contributed by atoms with Crippen molar-refractivity contribution in [1.82, 2.24) is 4.57 Å². The van der Waals surface area contributed by atoms with E-state index in [9.17, 15) is 0 Å². The van der Waals surface area contributed by atoms with E-state index in [1.165, 1.54) is 77.2 Å². The van der Waals surface area contributed by atoms with Crippen LogP contribution in [0.25, 0.3) is 60.5 Å². The van der Waals surface area contributed by atoms with Gasteiger partial charge in [-0.05, 0) is 89.2 Å². The summed E-state index contributed by atoms with van der Waals surface area (Å²) in [5.74, 6) is 0. The van der Waals surface area contributed by atoms with Gasteiger partial charge in [0, 0.05) is 16.5 Å². The summed E-state index contributed by atoms with van der Waals surface area (Å²) in [7, 11) is 0. The Kier molecular flexibility index (Phi) is 6.56. The highest BCUT2D eigenvalue weighted by atomic mass is 15.0. The molecule has 0 amide bonds. The van der Waals surface area contributed by atoms with Crippen molar-refractivity contribution in [3.8, 4) is 27.9 Å². The van der Waals surface area contributed by atoms with E-state index in [4.69, 9.17) is 0 Å². The number of fused-ring (bicyclic) bond motifs is 4. The lowest BCUT2D eigenvalue weighted by Crippen LogP contribution is -1.94. The zero-order valence-electron chi connectivity index (χ0n) is 24.3. The van der Waals surface area contributed by atoms with Crippen molar-refractivity contribution in [1.29, 1.82) is 0 Å².